The van der Waals surface area contributed by atoms with Crippen LogP contribution in [0.2, 0.25) is 0 Å². The third-order valence-electron chi connectivity index (χ3n) is 4.20. The predicted octanol–water partition coefficient (Wildman–Crippen LogP) is 2.27. The molecule has 1 N–H and O–H groups in total. The van der Waals surface area contributed by atoms with Crippen molar-refractivity contribution < 1.29 is 19.0 Å². The normalized spacial score (nSPS) is 19.3. The van der Waals surface area contributed by atoms with Gasteiger partial charge in [0.15, 0.2) is 0 Å². The molecule has 3 heterocycles. The number of aromatic nitrogens is 1. The smallest absolute Gasteiger partial charge is 0.246 e. The molecule has 0 aliphatic carbocycles. The monoisotopic (exact) mass is 362 g/mol. The highest BCUT2D eigenvalue weighted by molar-refractivity contribution is 7.10. The predicted molar refractivity (Wildman–Crippen MR) is 94.8 cm³/mol. The molecule has 0 spiro atoms. The van der Waals surface area contributed by atoms with Crippen LogP contribution in [0.25, 0.3) is 0 Å². The number of carbonyl (C=O) groups is 1. The average Bonchev–Trinajstić information content (AvgIpc) is 3.11. The average molecular weight is 362 g/mol. The zero-order valence-electron chi connectivity index (χ0n) is 14.4. The number of ether oxygens (including phenoxy) is 3. The number of carbonyl (C=O) groups excluding carboxylic acids is 1. The minimum absolute atomic E-state index is 0.00139. The number of fused-ring (bicyclic) bond motifs is 1. The van der Waals surface area contributed by atoms with Crippen molar-refractivity contribution in [1.29, 1.82) is 0 Å². The van der Waals surface area contributed by atoms with Crippen LogP contribution in [0.5, 0.6) is 5.88 Å². The molecule has 1 atom stereocenters. The van der Waals surface area contributed by atoms with Crippen molar-refractivity contribution in [3.05, 3.63) is 45.8 Å². The first-order chi connectivity index (χ1) is 12.1. The van der Waals surface area contributed by atoms with E-state index in [2.05, 4.69) is 21.7 Å². The third kappa shape index (κ3) is 4.36. The van der Waals surface area contributed by atoms with Crippen molar-refractivity contribution in [1.82, 2.24) is 10.3 Å². The molecule has 0 bridgehead atoms. The van der Waals surface area contributed by atoms with Crippen molar-refractivity contribution in [2.45, 2.75) is 25.6 Å². The van der Waals surface area contributed by atoms with Crippen LogP contribution in [0.4, 0.5) is 0 Å². The minimum atomic E-state index is -0.469. The van der Waals surface area contributed by atoms with Gasteiger partial charge in [-0.1, -0.05) is 0 Å². The van der Waals surface area contributed by atoms with E-state index in [1.54, 1.807) is 30.7 Å². The summed E-state index contributed by atoms with van der Waals surface area (Å²) in [6.45, 7) is 3.46. The molecule has 7 heteroatoms. The Morgan fingerprint density at radius 3 is 3.08 bits per heavy atom. The van der Waals surface area contributed by atoms with Gasteiger partial charge in [0, 0.05) is 23.6 Å². The zero-order valence-corrected chi connectivity index (χ0v) is 15.2. The number of hydrogen-bond acceptors (Lipinski definition) is 6. The van der Waals surface area contributed by atoms with Gasteiger partial charge in [0.05, 0.1) is 26.9 Å². The largest absolute Gasteiger partial charge is 0.481 e. The highest BCUT2D eigenvalue weighted by Crippen LogP contribution is 2.35. The summed E-state index contributed by atoms with van der Waals surface area (Å²) in [4.78, 5) is 17.5. The maximum absolute atomic E-state index is 12.0. The minimum Gasteiger partial charge on any atom is -0.481 e. The number of thiophene rings is 1. The van der Waals surface area contributed by atoms with Crippen molar-refractivity contribution in [2.75, 3.05) is 26.9 Å². The summed E-state index contributed by atoms with van der Waals surface area (Å²) in [6, 6.07) is 5.70. The first-order valence-corrected chi connectivity index (χ1v) is 9.03. The van der Waals surface area contributed by atoms with Crippen LogP contribution in [0, 0.1) is 0 Å². The Labute approximate surface area is 151 Å². The topological polar surface area (TPSA) is 69.7 Å². The molecule has 1 amide bonds. The SMILES string of the molecule is COc1ccc(COCC(=O)NCC2(C)OCCc3sccc32)cn1. The fraction of sp³-hybridized carbons (Fsp3) is 0.444. The van der Waals surface area contributed by atoms with Crippen LogP contribution in [-0.4, -0.2) is 37.8 Å². The summed E-state index contributed by atoms with van der Waals surface area (Å²) < 4.78 is 16.4. The number of hydrogen-bond donors (Lipinski definition) is 1. The Morgan fingerprint density at radius 1 is 1.44 bits per heavy atom. The van der Waals surface area contributed by atoms with Gasteiger partial charge in [0.2, 0.25) is 11.8 Å². The molecule has 2 aromatic heterocycles. The molecule has 3 rings (SSSR count). The fourth-order valence-corrected chi connectivity index (χ4v) is 3.78. The molecule has 134 valence electrons. The van der Waals surface area contributed by atoms with Gasteiger partial charge in [-0.3, -0.25) is 4.79 Å². The van der Waals surface area contributed by atoms with Gasteiger partial charge >= 0.3 is 0 Å². The summed E-state index contributed by atoms with van der Waals surface area (Å²) in [5.41, 5.74) is 1.59. The number of methoxy groups -OCH3 is 1. The Balaban J connectivity index is 1.44. The van der Waals surface area contributed by atoms with Gasteiger partial charge in [0.1, 0.15) is 12.2 Å². The summed E-state index contributed by atoms with van der Waals surface area (Å²) in [5, 5.41) is 4.98. The molecule has 0 saturated carbocycles. The summed E-state index contributed by atoms with van der Waals surface area (Å²) >= 11 is 1.74. The van der Waals surface area contributed by atoms with Gasteiger partial charge in [-0.05, 0) is 35.6 Å². The summed E-state index contributed by atoms with van der Waals surface area (Å²) in [7, 11) is 1.57. The molecule has 2 aromatic rings. The lowest BCUT2D eigenvalue weighted by atomic mass is 9.93. The van der Waals surface area contributed by atoms with E-state index >= 15 is 0 Å². The van der Waals surface area contributed by atoms with E-state index in [0.29, 0.717) is 25.6 Å². The molecule has 25 heavy (non-hydrogen) atoms. The molecular weight excluding hydrogens is 340 g/mol. The van der Waals surface area contributed by atoms with Crippen LogP contribution in [0.1, 0.15) is 22.9 Å². The van der Waals surface area contributed by atoms with Gasteiger partial charge in [-0.2, -0.15) is 0 Å². The van der Waals surface area contributed by atoms with Gasteiger partial charge in [-0.15, -0.1) is 11.3 Å². The van der Waals surface area contributed by atoms with Crippen molar-refractivity contribution in [3.63, 3.8) is 0 Å². The molecule has 0 radical (unpaired) electrons. The van der Waals surface area contributed by atoms with Crippen LogP contribution in [-0.2, 0) is 32.9 Å². The second-order valence-electron chi connectivity index (χ2n) is 6.07. The first-order valence-electron chi connectivity index (χ1n) is 8.15. The molecule has 1 aliphatic heterocycles. The molecule has 0 saturated heterocycles. The Morgan fingerprint density at radius 2 is 2.32 bits per heavy atom. The van der Waals surface area contributed by atoms with Crippen LogP contribution < -0.4 is 10.1 Å². The van der Waals surface area contributed by atoms with E-state index in [4.69, 9.17) is 14.2 Å². The number of pyridine rings is 1. The number of nitrogens with zero attached hydrogens (tertiary/aromatic N) is 1. The molecule has 6 nitrogen and oxygen atoms in total. The third-order valence-corrected chi connectivity index (χ3v) is 5.18. The molecule has 0 fully saturated rings. The van der Waals surface area contributed by atoms with E-state index in [0.717, 1.165) is 12.0 Å². The lowest BCUT2D eigenvalue weighted by Gasteiger charge is -2.34. The number of rotatable bonds is 7. The van der Waals surface area contributed by atoms with Crippen LogP contribution in [0.3, 0.4) is 0 Å². The summed E-state index contributed by atoms with van der Waals surface area (Å²) in [6.07, 6.45) is 2.61. The molecule has 0 aromatic carbocycles. The Hall–Kier alpha value is -1.96. The lowest BCUT2D eigenvalue weighted by Crippen LogP contribution is -2.44. The van der Waals surface area contributed by atoms with E-state index < -0.39 is 5.60 Å². The second-order valence-corrected chi connectivity index (χ2v) is 7.07. The van der Waals surface area contributed by atoms with E-state index in [1.807, 2.05) is 13.0 Å². The highest BCUT2D eigenvalue weighted by Gasteiger charge is 2.34. The van der Waals surface area contributed by atoms with Crippen molar-refractivity contribution in [3.8, 4) is 5.88 Å². The van der Waals surface area contributed by atoms with Crippen LogP contribution in [0.15, 0.2) is 29.8 Å². The second kappa shape index (κ2) is 7.95. The highest BCUT2D eigenvalue weighted by atomic mass is 32.1. The molecular formula is C18H22N2O4S. The molecule has 1 unspecified atom stereocenters. The van der Waals surface area contributed by atoms with Crippen LogP contribution >= 0.6 is 11.3 Å². The van der Waals surface area contributed by atoms with E-state index in [-0.39, 0.29) is 12.5 Å². The Kier molecular flexibility index (Phi) is 5.67. The zero-order chi connectivity index (χ0) is 17.7. The van der Waals surface area contributed by atoms with E-state index in [1.165, 1.54) is 10.4 Å². The maximum Gasteiger partial charge on any atom is 0.246 e. The lowest BCUT2D eigenvalue weighted by molar-refractivity contribution is -0.128. The maximum atomic E-state index is 12.0. The summed E-state index contributed by atoms with van der Waals surface area (Å²) in [5.74, 6) is 0.392. The van der Waals surface area contributed by atoms with Crippen molar-refractivity contribution in [2.24, 2.45) is 0 Å². The number of amides is 1. The van der Waals surface area contributed by atoms with E-state index in [9.17, 15) is 4.79 Å². The van der Waals surface area contributed by atoms with Crippen molar-refractivity contribution >= 4 is 17.2 Å². The number of nitrogens with one attached hydrogen (secondary N) is 1. The quantitative estimate of drug-likeness (QED) is 0.818. The fourth-order valence-electron chi connectivity index (χ4n) is 2.80. The van der Waals surface area contributed by atoms with Gasteiger partial charge < -0.3 is 19.5 Å². The first kappa shape index (κ1) is 17.8. The standard InChI is InChI=1S/C18H22N2O4S/c1-18(14-6-8-25-15(14)5-7-24-18)12-20-16(21)11-23-10-13-3-4-17(22-2)19-9-13/h3-4,6,8-9H,5,7,10-12H2,1-2H3,(H,20,21). The Bertz CT molecular complexity index is 716. The molecule has 1 aliphatic rings. The van der Waals surface area contributed by atoms with Gasteiger partial charge in [-0.25, -0.2) is 4.98 Å². The van der Waals surface area contributed by atoms with Gasteiger partial charge in [0.25, 0.3) is 0 Å².